The first-order chi connectivity index (χ1) is 10.0. The predicted molar refractivity (Wildman–Crippen MR) is 81.7 cm³/mol. The second-order valence-corrected chi connectivity index (χ2v) is 7.43. The number of methoxy groups -OCH3 is 1. The van der Waals surface area contributed by atoms with Crippen molar-refractivity contribution in [3.05, 3.63) is 34.9 Å². The van der Waals surface area contributed by atoms with Gasteiger partial charge in [0.2, 0.25) is 0 Å². The van der Waals surface area contributed by atoms with Gasteiger partial charge in [0.15, 0.2) is 8.68 Å². The molecule has 0 fully saturated rings. The van der Waals surface area contributed by atoms with Crippen LogP contribution in [0.2, 0.25) is 4.47 Å². The highest BCUT2D eigenvalue weighted by atomic mass is 35.5. The Kier molecular flexibility index (Phi) is 5.40. The van der Waals surface area contributed by atoms with Crippen molar-refractivity contribution in [3.8, 4) is 5.75 Å². The van der Waals surface area contributed by atoms with E-state index < -0.39 is 10.0 Å². The molecule has 114 valence electrons. The summed E-state index contributed by atoms with van der Waals surface area (Å²) in [6.07, 6.45) is 1.22. The van der Waals surface area contributed by atoms with Crippen LogP contribution in [0.25, 0.3) is 0 Å². The average molecular weight is 349 g/mol. The largest absolute Gasteiger partial charge is 0.491 e. The number of hydrogen-bond donors (Lipinski definition) is 1. The molecule has 1 N–H and O–H groups in total. The van der Waals surface area contributed by atoms with Gasteiger partial charge in [-0.05, 0) is 12.1 Å². The fourth-order valence-corrected chi connectivity index (χ4v) is 3.80. The van der Waals surface area contributed by atoms with E-state index in [0.29, 0.717) is 24.7 Å². The van der Waals surface area contributed by atoms with Crippen molar-refractivity contribution in [2.24, 2.45) is 0 Å². The van der Waals surface area contributed by atoms with Crippen LogP contribution in [0.1, 0.15) is 0 Å². The van der Waals surface area contributed by atoms with E-state index in [0.717, 1.165) is 11.3 Å². The number of anilines is 1. The molecular weight excluding hydrogens is 336 g/mol. The van der Waals surface area contributed by atoms with Crippen LogP contribution in [0.4, 0.5) is 5.69 Å². The fraction of sp³-hybridized carbons (Fsp3) is 0.250. The van der Waals surface area contributed by atoms with Crippen LogP contribution in [-0.2, 0) is 14.8 Å². The van der Waals surface area contributed by atoms with E-state index in [9.17, 15) is 8.42 Å². The van der Waals surface area contributed by atoms with Gasteiger partial charge in [0, 0.05) is 13.2 Å². The lowest BCUT2D eigenvalue weighted by Crippen LogP contribution is -2.11. The molecule has 0 unspecified atom stereocenters. The topological polar surface area (TPSA) is 77.5 Å². The Morgan fingerprint density at radius 1 is 1.38 bits per heavy atom. The first kappa shape index (κ1) is 16.0. The minimum atomic E-state index is -3.69. The number of benzene rings is 1. The van der Waals surface area contributed by atoms with Gasteiger partial charge in [-0.1, -0.05) is 29.0 Å². The number of ether oxygens (including phenoxy) is 2. The van der Waals surface area contributed by atoms with Gasteiger partial charge in [-0.2, -0.15) is 0 Å². The van der Waals surface area contributed by atoms with E-state index in [1.165, 1.54) is 6.20 Å². The summed E-state index contributed by atoms with van der Waals surface area (Å²) in [5.41, 5.74) is 0.398. The number of sulfonamides is 1. The summed E-state index contributed by atoms with van der Waals surface area (Å²) >= 11 is 6.54. The monoisotopic (exact) mass is 348 g/mol. The van der Waals surface area contributed by atoms with Crippen molar-refractivity contribution in [1.82, 2.24) is 4.98 Å². The molecule has 0 atom stereocenters. The molecule has 21 heavy (non-hydrogen) atoms. The standard InChI is InChI=1S/C12H13ClN2O4S2/c1-18-5-6-19-10-4-2-3-9(7-10)15-21(16,17)11-8-14-12(13)20-11/h2-4,7-8,15H,5-6H2,1H3. The van der Waals surface area contributed by atoms with Crippen molar-refractivity contribution in [1.29, 1.82) is 0 Å². The molecule has 0 aliphatic carbocycles. The summed E-state index contributed by atoms with van der Waals surface area (Å²) in [6.45, 7) is 0.840. The Morgan fingerprint density at radius 2 is 2.19 bits per heavy atom. The molecule has 0 saturated carbocycles. The maximum Gasteiger partial charge on any atom is 0.273 e. The van der Waals surface area contributed by atoms with Gasteiger partial charge in [-0.3, -0.25) is 4.72 Å². The highest BCUT2D eigenvalue weighted by Gasteiger charge is 2.17. The van der Waals surface area contributed by atoms with Gasteiger partial charge in [0.25, 0.3) is 10.0 Å². The lowest BCUT2D eigenvalue weighted by Gasteiger charge is -2.09. The van der Waals surface area contributed by atoms with E-state index in [1.54, 1.807) is 31.4 Å². The van der Waals surface area contributed by atoms with Crippen LogP contribution < -0.4 is 9.46 Å². The minimum absolute atomic E-state index is 0.0539. The van der Waals surface area contributed by atoms with Crippen LogP contribution in [0, 0.1) is 0 Å². The van der Waals surface area contributed by atoms with Gasteiger partial charge in [-0.25, -0.2) is 13.4 Å². The predicted octanol–water partition coefficient (Wildman–Crippen LogP) is 2.62. The molecular formula is C12H13ClN2O4S2. The lowest BCUT2D eigenvalue weighted by atomic mass is 10.3. The van der Waals surface area contributed by atoms with Gasteiger partial charge >= 0.3 is 0 Å². The zero-order chi connectivity index (χ0) is 15.3. The summed E-state index contributed by atoms with van der Waals surface area (Å²) in [6, 6.07) is 6.65. The highest BCUT2D eigenvalue weighted by molar-refractivity contribution is 7.94. The summed E-state index contributed by atoms with van der Waals surface area (Å²) in [5.74, 6) is 0.551. The molecule has 0 spiro atoms. The fourth-order valence-electron chi connectivity index (χ4n) is 1.46. The Bertz CT molecular complexity index is 703. The van der Waals surface area contributed by atoms with Gasteiger partial charge in [0.1, 0.15) is 12.4 Å². The summed E-state index contributed by atoms with van der Waals surface area (Å²) in [7, 11) is -2.12. The molecule has 0 amide bonds. The zero-order valence-corrected chi connectivity index (χ0v) is 13.5. The molecule has 0 bridgehead atoms. The third-order valence-corrected chi connectivity index (χ3v) is 5.32. The number of halogens is 1. The molecule has 1 aromatic carbocycles. The van der Waals surface area contributed by atoms with E-state index in [1.807, 2.05) is 0 Å². The van der Waals surface area contributed by atoms with Crippen molar-refractivity contribution in [2.75, 3.05) is 25.0 Å². The molecule has 2 aromatic rings. The Labute approximate surface area is 131 Å². The average Bonchev–Trinajstić information content (AvgIpc) is 2.87. The smallest absolute Gasteiger partial charge is 0.273 e. The highest BCUT2D eigenvalue weighted by Crippen LogP contribution is 2.26. The zero-order valence-electron chi connectivity index (χ0n) is 11.1. The van der Waals surface area contributed by atoms with Gasteiger partial charge in [0.05, 0.1) is 18.5 Å². The van der Waals surface area contributed by atoms with E-state index in [4.69, 9.17) is 21.1 Å². The number of rotatable bonds is 7. The summed E-state index contributed by atoms with van der Waals surface area (Å²) in [5, 5.41) is 0. The van der Waals surface area contributed by atoms with Crippen molar-refractivity contribution < 1.29 is 17.9 Å². The quantitative estimate of drug-likeness (QED) is 0.778. The molecule has 0 radical (unpaired) electrons. The van der Waals surface area contributed by atoms with E-state index in [2.05, 4.69) is 9.71 Å². The van der Waals surface area contributed by atoms with Crippen LogP contribution >= 0.6 is 22.9 Å². The normalized spacial score (nSPS) is 11.3. The summed E-state index contributed by atoms with van der Waals surface area (Å²) < 4.78 is 37.2. The number of hydrogen-bond acceptors (Lipinski definition) is 6. The van der Waals surface area contributed by atoms with Gasteiger partial charge < -0.3 is 9.47 Å². The molecule has 2 rings (SSSR count). The maximum atomic E-state index is 12.1. The minimum Gasteiger partial charge on any atom is -0.491 e. The first-order valence-corrected chi connectivity index (χ1v) is 8.55. The molecule has 6 nitrogen and oxygen atoms in total. The van der Waals surface area contributed by atoms with Crippen LogP contribution in [0.15, 0.2) is 34.7 Å². The van der Waals surface area contributed by atoms with Gasteiger partial charge in [-0.15, -0.1) is 0 Å². The van der Waals surface area contributed by atoms with Crippen molar-refractivity contribution >= 4 is 38.6 Å². The number of thiazole rings is 1. The lowest BCUT2D eigenvalue weighted by molar-refractivity contribution is 0.146. The van der Waals surface area contributed by atoms with Crippen LogP contribution in [-0.4, -0.2) is 33.7 Å². The third kappa shape index (κ3) is 4.57. The molecule has 0 saturated heterocycles. The third-order valence-electron chi connectivity index (χ3n) is 2.36. The Morgan fingerprint density at radius 3 is 2.86 bits per heavy atom. The van der Waals surface area contributed by atoms with Crippen LogP contribution in [0.5, 0.6) is 5.75 Å². The Hall–Kier alpha value is -1.35. The van der Waals surface area contributed by atoms with E-state index >= 15 is 0 Å². The van der Waals surface area contributed by atoms with Crippen molar-refractivity contribution in [2.45, 2.75) is 4.21 Å². The molecule has 0 aliphatic heterocycles. The van der Waals surface area contributed by atoms with Crippen molar-refractivity contribution in [3.63, 3.8) is 0 Å². The molecule has 0 aliphatic rings. The SMILES string of the molecule is COCCOc1cccc(NS(=O)(=O)c2cnc(Cl)s2)c1. The summed E-state index contributed by atoms with van der Waals surface area (Å²) in [4.78, 5) is 3.72. The Balaban J connectivity index is 2.10. The first-order valence-electron chi connectivity index (χ1n) is 5.87. The number of aromatic nitrogens is 1. The van der Waals surface area contributed by atoms with E-state index in [-0.39, 0.29) is 8.68 Å². The second-order valence-electron chi connectivity index (χ2n) is 3.91. The number of nitrogens with zero attached hydrogens (tertiary/aromatic N) is 1. The molecule has 1 heterocycles. The number of nitrogens with one attached hydrogen (secondary N) is 1. The second kappa shape index (κ2) is 7.08. The molecule has 1 aromatic heterocycles. The molecule has 9 heteroatoms. The van der Waals surface area contributed by atoms with Crippen LogP contribution in [0.3, 0.4) is 0 Å². The maximum absolute atomic E-state index is 12.1.